The fourth-order valence-corrected chi connectivity index (χ4v) is 1.31. The second-order valence-corrected chi connectivity index (χ2v) is 3.53. The summed E-state index contributed by atoms with van der Waals surface area (Å²) in [5.74, 6) is -0.421. The first-order valence-electron chi connectivity index (χ1n) is 4.69. The van der Waals surface area contributed by atoms with Crippen LogP contribution in [0.5, 0.6) is 5.75 Å². The van der Waals surface area contributed by atoms with Gasteiger partial charge < -0.3 is 9.64 Å². The van der Waals surface area contributed by atoms with Crippen LogP contribution in [-0.2, 0) is 0 Å². The molecule has 1 aromatic carbocycles. The number of ether oxygens (including phenoxy) is 1. The Bertz CT molecular complexity index is 392. The number of rotatable bonds is 3. The zero-order chi connectivity index (χ0) is 12.3. The van der Waals surface area contributed by atoms with Gasteiger partial charge in [-0.05, 0) is 18.6 Å². The van der Waals surface area contributed by atoms with Crippen LogP contribution in [0.2, 0.25) is 0 Å². The molecule has 0 radical (unpaired) electrons. The summed E-state index contributed by atoms with van der Waals surface area (Å²) in [6.07, 6.45) is 0. The van der Waals surface area contributed by atoms with Crippen LogP contribution < -0.4 is 4.74 Å². The summed E-state index contributed by atoms with van der Waals surface area (Å²) in [5, 5.41) is 0. The van der Waals surface area contributed by atoms with E-state index < -0.39 is 6.61 Å². The van der Waals surface area contributed by atoms with Gasteiger partial charge in [-0.15, -0.1) is 0 Å². The van der Waals surface area contributed by atoms with Crippen LogP contribution in [0.15, 0.2) is 18.2 Å². The zero-order valence-corrected chi connectivity index (χ0v) is 9.33. The molecule has 0 bridgehead atoms. The Hall–Kier alpha value is -1.65. The smallest absolute Gasteiger partial charge is 0.387 e. The molecule has 1 aromatic rings. The van der Waals surface area contributed by atoms with Gasteiger partial charge in [0.1, 0.15) is 5.75 Å². The van der Waals surface area contributed by atoms with Gasteiger partial charge in [-0.1, -0.05) is 12.1 Å². The van der Waals surface area contributed by atoms with Gasteiger partial charge in [0.2, 0.25) is 0 Å². The molecule has 0 saturated heterocycles. The van der Waals surface area contributed by atoms with Crippen molar-refractivity contribution in [1.29, 1.82) is 0 Å². The molecule has 0 aliphatic heterocycles. The van der Waals surface area contributed by atoms with E-state index in [4.69, 9.17) is 0 Å². The molecule has 16 heavy (non-hydrogen) atoms. The van der Waals surface area contributed by atoms with Crippen LogP contribution in [0.4, 0.5) is 8.78 Å². The summed E-state index contributed by atoms with van der Waals surface area (Å²) in [5.41, 5.74) is 0.651. The molecule has 0 fully saturated rings. The number of para-hydroxylation sites is 1. The minimum absolute atomic E-state index is 0.0591. The Morgan fingerprint density at radius 2 is 2.00 bits per heavy atom. The second kappa shape index (κ2) is 4.92. The molecule has 3 nitrogen and oxygen atoms in total. The van der Waals surface area contributed by atoms with Gasteiger partial charge >= 0.3 is 6.61 Å². The maximum atomic E-state index is 12.2. The van der Waals surface area contributed by atoms with Crippen molar-refractivity contribution in [3.63, 3.8) is 0 Å². The topological polar surface area (TPSA) is 29.5 Å². The van der Waals surface area contributed by atoms with Crippen molar-refractivity contribution in [2.24, 2.45) is 0 Å². The molecule has 0 atom stereocenters. The van der Waals surface area contributed by atoms with Crippen molar-refractivity contribution in [3.8, 4) is 5.75 Å². The average Bonchev–Trinajstić information content (AvgIpc) is 2.19. The van der Waals surface area contributed by atoms with Gasteiger partial charge in [0.25, 0.3) is 5.91 Å². The minimum Gasteiger partial charge on any atom is -0.434 e. The summed E-state index contributed by atoms with van der Waals surface area (Å²) in [6, 6.07) is 4.71. The Labute approximate surface area is 92.6 Å². The summed E-state index contributed by atoms with van der Waals surface area (Å²) in [7, 11) is 3.10. The number of alkyl halides is 2. The monoisotopic (exact) mass is 229 g/mol. The molecule has 0 heterocycles. The highest BCUT2D eigenvalue weighted by Gasteiger charge is 2.18. The highest BCUT2D eigenvalue weighted by atomic mass is 19.3. The summed E-state index contributed by atoms with van der Waals surface area (Å²) < 4.78 is 28.8. The number of carbonyl (C=O) groups is 1. The first-order valence-corrected chi connectivity index (χ1v) is 4.69. The summed E-state index contributed by atoms with van der Waals surface area (Å²) >= 11 is 0. The molecule has 0 unspecified atom stereocenters. The summed E-state index contributed by atoms with van der Waals surface area (Å²) in [4.78, 5) is 13.0. The van der Waals surface area contributed by atoms with Crippen LogP contribution in [0.1, 0.15) is 15.9 Å². The standard InChI is InChI=1S/C11H13F2NO2/c1-7-5-4-6-8(10(15)14(2)3)9(7)16-11(12)13/h4-6,11H,1-3H3. The molecule has 0 spiro atoms. The molecule has 1 rings (SSSR count). The predicted octanol–water partition coefficient (Wildman–Crippen LogP) is 2.30. The third-order valence-electron chi connectivity index (χ3n) is 2.06. The Kier molecular flexibility index (Phi) is 3.82. The van der Waals surface area contributed by atoms with Gasteiger partial charge in [-0.2, -0.15) is 8.78 Å². The summed E-state index contributed by atoms with van der Waals surface area (Å²) in [6.45, 7) is -1.32. The third kappa shape index (κ3) is 2.68. The number of aryl methyl sites for hydroxylation is 1. The van der Waals surface area contributed by atoms with E-state index in [1.807, 2.05) is 0 Å². The largest absolute Gasteiger partial charge is 0.434 e. The van der Waals surface area contributed by atoms with E-state index in [1.54, 1.807) is 33.2 Å². The molecular formula is C11H13F2NO2. The van der Waals surface area contributed by atoms with Crippen LogP contribution in [0, 0.1) is 6.92 Å². The van der Waals surface area contributed by atoms with Crippen LogP contribution in [0.3, 0.4) is 0 Å². The van der Waals surface area contributed by atoms with Crippen molar-refractivity contribution in [2.45, 2.75) is 13.5 Å². The quantitative estimate of drug-likeness (QED) is 0.795. The number of benzene rings is 1. The van der Waals surface area contributed by atoms with Crippen molar-refractivity contribution in [3.05, 3.63) is 29.3 Å². The van der Waals surface area contributed by atoms with Crippen molar-refractivity contribution in [1.82, 2.24) is 4.90 Å². The highest BCUT2D eigenvalue weighted by Crippen LogP contribution is 2.25. The lowest BCUT2D eigenvalue weighted by atomic mass is 10.1. The van der Waals surface area contributed by atoms with Gasteiger partial charge in [-0.3, -0.25) is 4.79 Å². The van der Waals surface area contributed by atoms with Gasteiger partial charge in [0.15, 0.2) is 0 Å². The highest BCUT2D eigenvalue weighted by molar-refractivity contribution is 5.97. The van der Waals surface area contributed by atoms with Crippen LogP contribution >= 0.6 is 0 Å². The van der Waals surface area contributed by atoms with E-state index >= 15 is 0 Å². The minimum atomic E-state index is -2.94. The molecule has 88 valence electrons. The first-order chi connectivity index (χ1) is 7.43. The molecule has 0 saturated carbocycles. The number of hydrogen-bond acceptors (Lipinski definition) is 2. The van der Waals surface area contributed by atoms with Crippen LogP contribution in [0.25, 0.3) is 0 Å². The van der Waals surface area contributed by atoms with Gasteiger partial charge in [0.05, 0.1) is 5.56 Å². The van der Waals surface area contributed by atoms with Gasteiger partial charge in [0, 0.05) is 14.1 Å². The first kappa shape index (κ1) is 12.4. The molecular weight excluding hydrogens is 216 g/mol. The van der Waals surface area contributed by atoms with E-state index in [0.29, 0.717) is 5.56 Å². The van der Waals surface area contributed by atoms with E-state index in [-0.39, 0.29) is 17.2 Å². The predicted molar refractivity (Wildman–Crippen MR) is 55.8 cm³/mol. The average molecular weight is 229 g/mol. The maximum absolute atomic E-state index is 12.2. The lowest BCUT2D eigenvalue weighted by Crippen LogP contribution is -2.23. The number of nitrogens with zero attached hydrogens (tertiary/aromatic N) is 1. The fourth-order valence-electron chi connectivity index (χ4n) is 1.31. The van der Waals surface area contributed by atoms with Gasteiger partial charge in [-0.25, -0.2) is 0 Å². The normalized spacial score (nSPS) is 10.4. The lowest BCUT2D eigenvalue weighted by Gasteiger charge is -2.15. The number of carbonyl (C=O) groups excluding carboxylic acids is 1. The number of halogens is 2. The van der Waals surface area contributed by atoms with E-state index in [9.17, 15) is 13.6 Å². The SMILES string of the molecule is Cc1cccc(C(=O)N(C)C)c1OC(F)F. The van der Waals surface area contributed by atoms with Crippen molar-refractivity contribution >= 4 is 5.91 Å². The van der Waals surface area contributed by atoms with E-state index in [1.165, 1.54) is 11.0 Å². The fraction of sp³-hybridized carbons (Fsp3) is 0.364. The number of amides is 1. The van der Waals surface area contributed by atoms with Crippen molar-refractivity contribution < 1.29 is 18.3 Å². The van der Waals surface area contributed by atoms with E-state index in [2.05, 4.69) is 4.74 Å². The lowest BCUT2D eigenvalue weighted by molar-refractivity contribution is -0.0507. The third-order valence-corrected chi connectivity index (χ3v) is 2.06. The molecule has 0 aliphatic rings. The Balaban J connectivity index is 3.17. The molecule has 1 amide bonds. The maximum Gasteiger partial charge on any atom is 0.387 e. The second-order valence-electron chi connectivity index (χ2n) is 3.53. The Morgan fingerprint density at radius 1 is 1.38 bits per heavy atom. The van der Waals surface area contributed by atoms with E-state index in [0.717, 1.165) is 0 Å². The molecule has 0 aromatic heterocycles. The molecule has 0 aliphatic carbocycles. The number of hydrogen-bond donors (Lipinski definition) is 0. The zero-order valence-electron chi connectivity index (χ0n) is 9.33. The van der Waals surface area contributed by atoms with Crippen molar-refractivity contribution in [2.75, 3.05) is 14.1 Å². The Morgan fingerprint density at radius 3 is 2.50 bits per heavy atom. The van der Waals surface area contributed by atoms with Crippen LogP contribution in [-0.4, -0.2) is 31.5 Å². The molecule has 0 N–H and O–H groups in total. The molecule has 5 heteroatoms.